The van der Waals surface area contributed by atoms with Gasteiger partial charge in [0.25, 0.3) is 5.97 Å². The van der Waals surface area contributed by atoms with Crippen LogP contribution in [-0.2, 0) is 21.4 Å². The number of carboxylic acids is 1. The number of nitrogens with two attached hydrogens (primary N) is 1. The normalized spacial score (nSPS) is 19.4. The van der Waals surface area contributed by atoms with Crippen molar-refractivity contribution in [3.63, 3.8) is 0 Å². The van der Waals surface area contributed by atoms with Crippen molar-refractivity contribution in [1.82, 2.24) is 34.3 Å². The fraction of sp³-hybridized carbons (Fsp3) is 0.438. The Balaban J connectivity index is 0.000000985. The van der Waals surface area contributed by atoms with Gasteiger partial charge in [0.15, 0.2) is 5.65 Å². The third-order valence-corrected chi connectivity index (χ3v) is 9.08. The second-order valence-corrected chi connectivity index (χ2v) is 13.8. The lowest BCUT2D eigenvalue weighted by Gasteiger charge is -2.41. The highest BCUT2D eigenvalue weighted by Gasteiger charge is 2.30. The number of aromatic nitrogens is 4. The smallest absolute Gasteiger partial charge is 0.300 e. The van der Waals surface area contributed by atoms with Crippen LogP contribution in [0.4, 0.5) is 5.82 Å². The van der Waals surface area contributed by atoms with Crippen molar-refractivity contribution in [3.8, 4) is 22.8 Å². The molecule has 0 amide bonds. The minimum Gasteiger partial charge on any atom is -0.481 e. The van der Waals surface area contributed by atoms with E-state index < -0.39 is 16.0 Å². The van der Waals surface area contributed by atoms with Crippen LogP contribution >= 0.6 is 0 Å². The Labute approximate surface area is 269 Å². The minimum atomic E-state index is -3.24. The highest BCUT2D eigenvalue weighted by molar-refractivity contribution is 7.88. The van der Waals surface area contributed by atoms with Gasteiger partial charge in [-0.2, -0.15) is 5.10 Å². The second-order valence-electron chi connectivity index (χ2n) is 11.9. The largest absolute Gasteiger partial charge is 0.481 e. The number of hydrogen-bond acceptors (Lipinski definition) is 10. The third kappa shape index (κ3) is 8.57. The van der Waals surface area contributed by atoms with E-state index in [9.17, 15) is 8.42 Å². The molecule has 6 rings (SSSR count). The Hall–Kier alpha value is -4.11. The van der Waals surface area contributed by atoms with Gasteiger partial charge >= 0.3 is 0 Å². The molecule has 14 heteroatoms. The van der Waals surface area contributed by atoms with Crippen molar-refractivity contribution >= 4 is 32.8 Å². The van der Waals surface area contributed by atoms with Crippen LogP contribution in [0.25, 0.3) is 22.3 Å². The number of hydrogen-bond donors (Lipinski definition) is 3. The number of fused-ring (bicyclic) bond motifs is 1. The fourth-order valence-corrected chi connectivity index (χ4v) is 6.44. The molecule has 2 aromatic heterocycles. The van der Waals surface area contributed by atoms with Gasteiger partial charge in [0, 0.05) is 51.3 Å². The zero-order valence-electron chi connectivity index (χ0n) is 26.5. The molecule has 1 saturated carbocycles. The number of nitrogens with one attached hydrogen (secondary N) is 1. The predicted octanol–water partition coefficient (Wildman–Crippen LogP) is 3.74. The van der Waals surface area contributed by atoms with E-state index in [1.165, 1.54) is 6.33 Å². The minimum absolute atomic E-state index is 0.235. The number of nitrogens with zero attached hydrogens (tertiary/aromatic N) is 6. The molecule has 0 unspecified atom stereocenters. The van der Waals surface area contributed by atoms with E-state index >= 15 is 0 Å². The number of anilines is 1. The summed E-state index contributed by atoms with van der Waals surface area (Å²) in [6.45, 7) is 5.91. The first kappa shape index (κ1) is 33.3. The molecular formula is C32H42N8O5S. The van der Waals surface area contributed by atoms with E-state index in [2.05, 4.69) is 36.2 Å². The summed E-state index contributed by atoms with van der Waals surface area (Å²) in [6.07, 6.45) is 7.11. The van der Waals surface area contributed by atoms with Crippen molar-refractivity contribution in [2.24, 2.45) is 0 Å². The lowest BCUT2D eigenvalue weighted by molar-refractivity contribution is -0.134. The Morgan fingerprint density at radius 3 is 2.11 bits per heavy atom. The van der Waals surface area contributed by atoms with Gasteiger partial charge in [0.1, 0.15) is 29.3 Å². The summed E-state index contributed by atoms with van der Waals surface area (Å²) in [7, 11) is -1.04. The van der Waals surface area contributed by atoms with E-state index in [0.717, 1.165) is 92.9 Å². The number of ether oxygens (including phenoxy) is 1. The average molecular weight is 651 g/mol. The van der Waals surface area contributed by atoms with Crippen molar-refractivity contribution in [2.75, 3.05) is 45.2 Å². The highest BCUT2D eigenvalue weighted by Crippen LogP contribution is 2.37. The Kier molecular flexibility index (Phi) is 10.5. The molecule has 246 valence electrons. The summed E-state index contributed by atoms with van der Waals surface area (Å²) in [4.78, 5) is 23.0. The molecule has 2 fully saturated rings. The number of aliphatic carboxylic acids is 1. The lowest BCUT2D eigenvalue weighted by atomic mass is 9.90. The van der Waals surface area contributed by atoms with Crippen LogP contribution in [0.3, 0.4) is 0 Å². The summed E-state index contributed by atoms with van der Waals surface area (Å²) in [5.74, 6) is 0.930. The van der Waals surface area contributed by atoms with Crippen LogP contribution in [0.5, 0.6) is 11.5 Å². The maximum absolute atomic E-state index is 11.3. The van der Waals surface area contributed by atoms with Crippen LogP contribution < -0.4 is 15.2 Å². The molecule has 2 aliphatic rings. The number of rotatable bonds is 8. The summed E-state index contributed by atoms with van der Waals surface area (Å²) < 4.78 is 33.3. The first-order chi connectivity index (χ1) is 22.0. The molecule has 0 bridgehead atoms. The molecule has 0 atom stereocenters. The van der Waals surface area contributed by atoms with Crippen LogP contribution in [0, 0.1) is 0 Å². The predicted molar refractivity (Wildman–Crippen MR) is 177 cm³/mol. The zero-order chi connectivity index (χ0) is 32.8. The Bertz CT molecular complexity index is 1720. The van der Waals surface area contributed by atoms with E-state index in [0.29, 0.717) is 23.4 Å². The molecule has 46 heavy (non-hydrogen) atoms. The fourth-order valence-electron chi connectivity index (χ4n) is 6.01. The molecule has 0 spiro atoms. The molecule has 4 aromatic rings. The average Bonchev–Trinajstić information content (AvgIpc) is 3.42. The maximum Gasteiger partial charge on any atom is 0.300 e. The van der Waals surface area contributed by atoms with E-state index in [1.54, 1.807) is 0 Å². The Morgan fingerprint density at radius 1 is 0.957 bits per heavy atom. The molecule has 1 saturated heterocycles. The van der Waals surface area contributed by atoms with E-state index in [4.69, 9.17) is 25.5 Å². The van der Waals surface area contributed by atoms with Crippen molar-refractivity contribution in [2.45, 2.75) is 51.2 Å². The Morgan fingerprint density at radius 2 is 1.52 bits per heavy atom. The van der Waals surface area contributed by atoms with Gasteiger partial charge in [-0.25, -0.2) is 27.8 Å². The van der Waals surface area contributed by atoms with Crippen LogP contribution in [0.15, 0.2) is 54.9 Å². The van der Waals surface area contributed by atoms with Crippen molar-refractivity contribution < 1.29 is 23.1 Å². The van der Waals surface area contributed by atoms with Crippen LogP contribution in [0.1, 0.15) is 44.2 Å². The van der Waals surface area contributed by atoms with Crippen molar-refractivity contribution in [3.05, 3.63) is 60.4 Å². The van der Waals surface area contributed by atoms with E-state index in [1.807, 2.05) is 48.5 Å². The van der Waals surface area contributed by atoms with Crippen LogP contribution in [-0.4, -0.2) is 94.6 Å². The zero-order valence-corrected chi connectivity index (χ0v) is 27.3. The second kappa shape index (κ2) is 14.5. The first-order valence-electron chi connectivity index (χ1n) is 15.4. The number of likely N-dealkylation sites (N-methyl/N-ethyl adjacent to an activating group) is 1. The molecule has 13 nitrogen and oxygen atoms in total. The number of carbonyl (C=O) groups is 1. The molecule has 1 aliphatic heterocycles. The molecule has 1 aliphatic carbocycles. The molecular weight excluding hydrogens is 608 g/mol. The number of benzene rings is 2. The summed E-state index contributed by atoms with van der Waals surface area (Å²) >= 11 is 0. The van der Waals surface area contributed by atoms with Gasteiger partial charge in [0.2, 0.25) is 10.0 Å². The van der Waals surface area contributed by atoms with Crippen molar-refractivity contribution in [1.29, 1.82) is 0 Å². The SMILES string of the molecule is CC(=O)O.CN1CCN(C2CCC(n3nc(-c4ccc(Oc5ccc(CNS(C)(=O)=O)cc5)cc4)c4c(N)ncnc43)CC2)CC1. The molecule has 2 aromatic carbocycles. The number of nitrogen functional groups attached to an aromatic ring is 1. The van der Waals surface area contributed by atoms with Gasteiger partial charge in [-0.05, 0) is 74.7 Å². The molecule has 4 N–H and O–H groups in total. The quantitative estimate of drug-likeness (QED) is 0.254. The summed E-state index contributed by atoms with van der Waals surface area (Å²) in [5, 5.41) is 13.3. The lowest BCUT2D eigenvalue weighted by Crippen LogP contribution is -2.49. The molecule has 0 radical (unpaired) electrons. The topological polar surface area (TPSA) is 169 Å². The first-order valence-corrected chi connectivity index (χ1v) is 17.3. The van der Waals surface area contributed by atoms with Gasteiger partial charge in [-0.3, -0.25) is 9.69 Å². The van der Waals surface area contributed by atoms with Gasteiger partial charge in [0.05, 0.1) is 17.7 Å². The van der Waals surface area contributed by atoms with Gasteiger partial charge in [-0.1, -0.05) is 12.1 Å². The molecule has 3 heterocycles. The number of carboxylic acid groups (broad SMARTS) is 1. The maximum atomic E-state index is 11.3. The third-order valence-electron chi connectivity index (χ3n) is 8.41. The van der Waals surface area contributed by atoms with Gasteiger partial charge < -0.3 is 20.5 Å². The van der Waals surface area contributed by atoms with Gasteiger partial charge in [-0.15, -0.1) is 0 Å². The van der Waals surface area contributed by atoms with Crippen LogP contribution in [0.2, 0.25) is 0 Å². The van der Waals surface area contributed by atoms with E-state index in [-0.39, 0.29) is 12.6 Å². The standard InChI is InChI=1S/C30H38N8O3S.C2H4O2/c1-36-15-17-37(18-16-36)23-7-9-24(10-8-23)38-30-27(29(31)32-20-33-30)28(35-38)22-5-13-26(14-6-22)41-25-11-3-21(4-12-25)19-34-42(2,39)40;1-2(3)4/h3-6,11-14,20,23-24,34H,7-10,15-19H2,1-2H3,(H2,31,32,33);1H3,(H,3,4). The number of sulfonamides is 1. The highest BCUT2D eigenvalue weighted by atomic mass is 32.2. The monoisotopic (exact) mass is 650 g/mol. The summed E-state index contributed by atoms with van der Waals surface area (Å²) in [5.41, 5.74) is 9.70. The summed E-state index contributed by atoms with van der Waals surface area (Å²) in [6, 6.07) is 16.0. The number of piperazine rings is 1.